The summed E-state index contributed by atoms with van der Waals surface area (Å²) < 4.78 is 3.93. The molecule has 186 valence electrons. The average Bonchev–Trinajstić information content (AvgIpc) is 3.22. The van der Waals surface area contributed by atoms with Gasteiger partial charge in [-0.15, -0.1) is 24.8 Å². The fourth-order valence-corrected chi connectivity index (χ4v) is 25.5. The van der Waals surface area contributed by atoms with Gasteiger partial charge in [-0.05, 0) is 0 Å². The minimum atomic E-state index is -2.95. The zero-order valence-electron chi connectivity index (χ0n) is 22.8. The van der Waals surface area contributed by atoms with Gasteiger partial charge in [-0.2, -0.15) is 0 Å². The van der Waals surface area contributed by atoms with Gasteiger partial charge in [-0.3, -0.25) is 0 Å². The van der Waals surface area contributed by atoms with Crippen LogP contribution in [0.1, 0.15) is 65.2 Å². The molecule has 6 heteroatoms. The van der Waals surface area contributed by atoms with Crippen molar-refractivity contribution in [1.29, 1.82) is 0 Å². The molecule has 0 aromatic rings. The quantitative estimate of drug-likeness (QED) is 0.231. The van der Waals surface area contributed by atoms with Gasteiger partial charge in [0.25, 0.3) is 0 Å². The molecule has 0 bridgehead atoms. The first-order chi connectivity index (χ1) is 13.6. The maximum atomic E-state index is 2.79. The molecule has 0 nitrogen and oxygen atoms in total. The summed E-state index contributed by atoms with van der Waals surface area (Å²) in [5.41, 5.74) is 3.50. The Hall–Kier alpha value is 0.905. The van der Waals surface area contributed by atoms with E-state index in [0.29, 0.717) is 0 Å². The second kappa shape index (κ2) is 11.8. The van der Waals surface area contributed by atoms with Crippen LogP contribution in [-0.2, 0) is 14.0 Å². The molecular formula is C26H52Cl2Si3Ti. The maximum Gasteiger partial charge on any atom is -0.147 e. The molecule has 0 fully saturated rings. The van der Waals surface area contributed by atoms with E-state index in [0.717, 1.165) is 0 Å². The molecule has 0 unspecified atom stereocenters. The predicted octanol–water partition coefficient (Wildman–Crippen LogP) is 9.47. The number of rotatable bonds is 10. The third-order valence-corrected chi connectivity index (χ3v) is 23.3. The van der Waals surface area contributed by atoms with Crippen molar-refractivity contribution in [3.63, 3.8) is 0 Å². The Morgan fingerprint density at radius 2 is 1.03 bits per heavy atom. The molecule has 0 N–H and O–H groups in total. The smallest absolute Gasteiger partial charge is 0.147 e. The summed E-state index contributed by atoms with van der Waals surface area (Å²) in [7, 11) is -0.214. The van der Waals surface area contributed by atoms with Crippen LogP contribution in [0.5, 0.6) is 0 Å². The van der Waals surface area contributed by atoms with E-state index in [4.69, 9.17) is 0 Å². The molecule has 0 aliphatic heterocycles. The standard InChI is InChI=1S/2C12H21Si.2CH3.2ClH.H2Si.Ti/c2*1-5-6-7-11-8-9-12(10-11)13(2,3)4;;;;;;/h2*10H,5-8H2,1-4H3;2*1H3;2*1H;1H2;. The second-order valence-corrected chi connectivity index (χ2v) is 42.2. The molecular weight excluding hydrogens is 515 g/mol. The topological polar surface area (TPSA) is 0 Å². The summed E-state index contributed by atoms with van der Waals surface area (Å²) in [5, 5.41) is 9.26. The van der Waals surface area contributed by atoms with Gasteiger partial charge < -0.3 is 0 Å². The molecule has 0 heterocycles. The normalized spacial score (nSPS) is 17.8. The second-order valence-electron chi connectivity index (χ2n) is 13.1. The van der Waals surface area contributed by atoms with Crippen LogP contribution < -0.4 is 0 Å². The van der Waals surface area contributed by atoms with E-state index in [9.17, 15) is 0 Å². The fourth-order valence-electron chi connectivity index (χ4n) is 5.41. The van der Waals surface area contributed by atoms with Gasteiger partial charge in [0, 0.05) is 0 Å². The third kappa shape index (κ3) is 7.45. The molecule has 0 saturated carbocycles. The first kappa shape index (κ1) is 32.9. The predicted molar refractivity (Wildman–Crippen MR) is 160 cm³/mol. The van der Waals surface area contributed by atoms with Crippen LogP contribution in [0.3, 0.4) is 0 Å². The van der Waals surface area contributed by atoms with Gasteiger partial charge >= 0.3 is 194 Å². The van der Waals surface area contributed by atoms with Crippen LogP contribution in [0.25, 0.3) is 0 Å². The van der Waals surface area contributed by atoms with Crippen molar-refractivity contribution in [2.45, 2.75) is 115 Å². The van der Waals surface area contributed by atoms with E-state index in [1.807, 2.05) is 18.1 Å². The van der Waals surface area contributed by atoms with Gasteiger partial charge in [-0.1, -0.05) is 0 Å². The average molecular weight is 568 g/mol. The Balaban J connectivity index is 0.00000480. The Kier molecular flexibility index (Phi) is 12.1. The van der Waals surface area contributed by atoms with Crippen molar-refractivity contribution in [1.82, 2.24) is 0 Å². The zero-order chi connectivity index (χ0) is 23.0. The SMILES string of the molecule is CCCCC1=CC([Si](C)(C)C)=[C]([Ti]([CH3])([CH3])(=[SiH2])[C]2=C([Si](C)(C)C)C=C(CCCC)C2)C1.Cl.Cl. The summed E-state index contributed by atoms with van der Waals surface area (Å²) in [6.45, 7) is 20.2. The summed E-state index contributed by atoms with van der Waals surface area (Å²) in [6.07, 6.45) is 16.0. The Bertz CT molecular complexity index is 806. The number of unbranched alkanes of at least 4 members (excludes halogenated alkanes) is 2. The molecule has 0 amide bonds. The number of hydrogen-bond acceptors (Lipinski definition) is 0. The summed E-state index contributed by atoms with van der Waals surface area (Å²) in [6, 6.07) is 0. The van der Waals surface area contributed by atoms with Gasteiger partial charge in [0.2, 0.25) is 0 Å². The van der Waals surface area contributed by atoms with E-state index >= 15 is 0 Å². The van der Waals surface area contributed by atoms with Crippen LogP contribution in [0.4, 0.5) is 0 Å². The minimum absolute atomic E-state index is 0. The van der Waals surface area contributed by atoms with E-state index in [1.165, 1.54) is 51.4 Å². The van der Waals surface area contributed by atoms with E-state index in [1.54, 1.807) is 11.1 Å². The molecule has 0 aromatic heterocycles. The molecule has 2 aliphatic rings. The summed E-state index contributed by atoms with van der Waals surface area (Å²) in [5.74, 6) is 0. The van der Waals surface area contributed by atoms with Crippen molar-refractivity contribution < 1.29 is 14.0 Å². The van der Waals surface area contributed by atoms with Crippen molar-refractivity contribution in [2.24, 2.45) is 0 Å². The summed E-state index contributed by atoms with van der Waals surface area (Å²) in [4.78, 5) is 0. The Morgan fingerprint density at radius 3 is 1.28 bits per heavy atom. The molecule has 0 aromatic carbocycles. The van der Waals surface area contributed by atoms with Crippen LogP contribution in [0.15, 0.2) is 41.4 Å². The summed E-state index contributed by atoms with van der Waals surface area (Å²) >= 11 is -2.95. The number of allylic oxidation sites excluding steroid dienone is 8. The van der Waals surface area contributed by atoms with Crippen molar-refractivity contribution in [3.05, 3.63) is 41.4 Å². The fraction of sp³-hybridized carbons (Fsp3) is 0.692. The molecule has 0 radical (unpaired) electrons. The van der Waals surface area contributed by atoms with Crippen molar-refractivity contribution >= 4 is 48.6 Å². The zero-order valence-corrected chi connectivity index (χ0v) is 29.4. The maximum absolute atomic E-state index is 2.95. The van der Waals surface area contributed by atoms with Crippen LogP contribution in [-0.4, -0.2) is 23.8 Å². The van der Waals surface area contributed by atoms with Gasteiger partial charge in [-0.25, -0.2) is 0 Å². The van der Waals surface area contributed by atoms with E-state index in [-0.39, 0.29) is 24.8 Å². The van der Waals surface area contributed by atoms with Gasteiger partial charge in [0.15, 0.2) is 0 Å². The first-order valence-corrected chi connectivity index (χ1v) is 28.2. The Labute approximate surface area is 217 Å². The Morgan fingerprint density at radius 1 is 0.719 bits per heavy atom. The van der Waals surface area contributed by atoms with Gasteiger partial charge in [0.05, 0.1) is 0 Å². The molecule has 2 aliphatic carbocycles. The minimum Gasteiger partial charge on any atom is -0.147 e. The van der Waals surface area contributed by atoms with Crippen LogP contribution in [0.2, 0.25) is 49.7 Å². The van der Waals surface area contributed by atoms with Crippen LogP contribution >= 0.6 is 24.8 Å². The van der Waals surface area contributed by atoms with Crippen LogP contribution in [0, 0.1) is 0 Å². The molecule has 0 atom stereocenters. The number of hydrogen-bond donors (Lipinski definition) is 0. The molecule has 2 rings (SSSR count). The number of halogens is 2. The largest absolute Gasteiger partial charge is 0.147 e. The molecule has 0 spiro atoms. The van der Waals surface area contributed by atoms with E-state index < -0.39 is 30.2 Å². The van der Waals surface area contributed by atoms with Crippen molar-refractivity contribution in [2.75, 3.05) is 0 Å². The third-order valence-electron chi connectivity index (χ3n) is 7.41. The van der Waals surface area contributed by atoms with Gasteiger partial charge in [0.1, 0.15) is 0 Å². The van der Waals surface area contributed by atoms with E-state index in [2.05, 4.69) is 83.4 Å². The van der Waals surface area contributed by atoms with Crippen molar-refractivity contribution in [3.8, 4) is 0 Å². The molecule has 0 saturated heterocycles. The first-order valence-electron chi connectivity index (χ1n) is 12.5. The monoisotopic (exact) mass is 566 g/mol. The molecule has 32 heavy (non-hydrogen) atoms.